The van der Waals surface area contributed by atoms with Gasteiger partial charge in [0.25, 0.3) is 0 Å². The number of halogens is 1. The van der Waals surface area contributed by atoms with Crippen LogP contribution in [-0.2, 0) is 9.53 Å². The number of piperidine rings is 1. The fourth-order valence-electron chi connectivity index (χ4n) is 5.10. The number of likely N-dealkylation sites (tertiary alicyclic amines) is 1. The Bertz CT molecular complexity index is 906. The maximum absolute atomic E-state index is 15.1. The van der Waals surface area contributed by atoms with E-state index in [1.54, 1.807) is 13.0 Å². The smallest absolute Gasteiger partial charge is 0.407 e. The summed E-state index contributed by atoms with van der Waals surface area (Å²) in [5.74, 6) is -1.42. The molecule has 0 unspecified atom stereocenters. The van der Waals surface area contributed by atoms with E-state index in [-0.39, 0.29) is 35.8 Å². The van der Waals surface area contributed by atoms with Crippen molar-refractivity contribution in [2.75, 3.05) is 26.3 Å². The molecule has 1 N–H and O–H groups in total. The lowest BCUT2D eigenvalue weighted by Crippen LogP contribution is -2.38. The lowest BCUT2D eigenvalue weighted by molar-refractivity contribution is -0.148. The van der Waals surface area contributed by atoms with Gasteiger partial charge in [-0.15, -0.1) is 0 Å². The highest BCUT2D eigenvalue weighted by Crippen LogP contribution is 2.46. The molecule has 0 aromatic heterocycles. The fraction of sp³-hybridized carbons (Fsp3) is 0.640. The number of ketones is 1. The maximum atomic E-state index is 15.1. The molecule has 1 amide bonds. The monoisotopic (exact) mass is 461 g/mol. The van der Waals surface area contributed by atoms with Crippen LogP contribution in [0, 0.1) is 23.6 Å². The molecule has 0 spiro atoms. The molecule has 1 aromatic carbocycles. The van der Waals surface area contributed by atoms with Crippen molar-refractivity contribution in [2.45, 2.75) is 57.8 Å². The number of nitrogens with zero attached hydrogens (tertiary/aromatic N) is 1. The molecule has 7 nitrogen and oxygen atoms in total. The highest BCUT2D eigenvalue weighted by molar-refractivity contribution is 6.01. The van der Waals surface area contributed by atoms with Crippen molar-refractivity contribution in [1.82, 2.24) is 4.90 Å². The van der Waals surface area contributed by atoms with Gasteiger partial charge < -0.3 is 19.5 Å². The number of ether oxygens (including phenoxy) is 2. The van der Waals surface area contributed by atoms with Crippen LogP contribution in [0.1, 0.15) is 73.7 Å². The summed E-state index contributed by atoms with van der Waals surface area (Å²) in [4.78, 5) is 38.0. The third kappa shape index (κ3) is 5.31. The van der Waals surface area contributed by atoms with Crippen molar-refractivity contribution in [3.05, 3.63) is 29.1 Å². The molecular weight excluding hydrogens is 429 g/mol. The number of carbonyl (C=O) groups excluding carboxylic acids is 2. The van der Waals surface area contributed by atoms with Crippen molar-refractivity contribution in [1.29, 1.82) is 0 Å². The van der Waals surface area contributed by atoms with Gasteiger partial charge >= 0.3 is 12.1 Å². The van der Waals surface area contributed by atoms with Crippen LogP contribution in [0.4, 0.5) is 9.18 Å². The molecule has 4 rings (SSSR count). The Morgan fingerprint density at radius 2 is 1.76 bits per heavy atom. The predicted octanol–water partition coefficient (Wildman–Crippen LogP) is 4.63. The molecule has 3 fully saturated rings. The number of amides is 1. The second-order valence-electron chi connectivity index (χ2n) is 9.43. The van der Waals surface area contributed by atoms with E-state index in [9.17, 15) is 14.4 Å². The molecule has 2 saturated carbocycles. The first-order valence-corrected chi connectivity index (χ1v) is 12.0. The summed E-state index contributed by atoms with van der Waals surface area (Å²) in [7, 11) is 0. The van der Waals surface area contributed by atoms with Crippen LogP contribution in [0.3, 0.4) is 0 Å². The molecule has 3 aliphatic rings. The highest BCUT2D eigenvalue weighted by Gasteiger charge is 2.40. The summed E-state index contributed by atoms with van der Waals surface area (Å²) in [6, 6.07) is 2.96. The molecule has 180 valence electrons. The van der Waals surface area contributed by atoms with Crippen molar-refractivity contribution >= 4 is 17.8 Å². The number of esters is 1. The van der Waals surface area contributed by atoms with Gasteiger partial charge in [-0.3, -0.25) is 9.59 Å². The van der Waals surface area contributed by atoms with Gasteiger partial charge in [0.1, 0.15) is 11.6 Å². The quantitative estimate of drug-likeness (QED) is 0.448. The van der Waals surface area contributed by atoms with Crippen LogP contribution in [0.5, 0.6) is 5.75 Å². The zero-order chi connectivity index (χ0) is 23.5. The third-order valence-corrected chi connectivity index (χ3v) is 7.18. The Balaban J connectivity index is 1.47. The maximum Gasteiger partial charge on any atom is 0.407 e. The van der Waals surface area contributed by atoms with Gasteiger partial charge in [0.05, 0.1) is 24.7 Å². The summed E-state index contributed by atoms with van der Waals surface area (Å²) in [5, 5.41) is 9.09. The standard InChI is InChI=1S/C25H32FNO6/c1-2-32-24(29)18-5-3-4-17(18)23(28)20-12-19(16-6-7-16)22(13-21(20)26)33-14-15-8-10-27(11-9-15)25(30)31/h12-13,15-18H,2-11,14H2,1H3,(H,30,31)/t17-,18-/m1/s1. The zero-order valence-electron chi connectivity index (χ0n) is 19.1. The van der Waals surface area contributed by atoms with E-state index in [1.165, 1.54) is 11.0 Å². The number of hydrogen-bond acceptors (Lipinski definition) is 5. The number of Topliss-reactive ketones (excluding diaryl/α,β-unsaturated/α-hetero) is 1. The minimum absolute atomic E-state index is 0.0419. The van der Waals surface area contributed by atoms with Gasteiger partial charge in [-0.05, 0) is 68.9 Å². The number of hydrogen-bond donors (Lipinski definition) is 1. The third-order valence-electron chi connectivity index (χ3n) is 7.18. The first-order chi connectivity index (χ1) is 15.9. The Kier molecular flexibility index (Phi) is 7.20. The van der Waals surface area contributed by atoms with E-state index >= 15 is 4.39 Å². The summed E-state index contributed by atoms with van der Waals surface area (Å²) < 4.78 is 26.3. The van der Waals surface area contributed by atoms with E-state index in [1.807, 2.05) is 0 Å². The first-order valence-electron chi connectivity index (χ1n) is 12.0. The van der Waals surface area contributed by atoms with Crippen LogP contribution in [-0.4, -0.2) is 54.2 Å². The van der Waals surface area contributed by atoms with Crippen LogP contribution in [0.15, 0.2) is 12.1 Å². The van der Waals surface area contributed by atoms with Gasteiger partial charge in [0, 0.05) is 25.1 Å². The van der Waals surface area contributed by atoms with E-state index < -0.39 is 23.7 Å². The SMILES string of the molecule is CCOC(=O)[C@@H]1CCC[C@H]1C(=O)c1cc(C2CC2)c(OCC2CCN(C(=O)O)CC2)cc1F. The van der Waals surface area contributed by atoms with Gasteiger partial charge in [-0.2, -0.15) is 0 Å². The first kappa shape index (κ1) is 23.5. The van der Waals surface area contributed by atoms with E-state index in [2.05, 4.69) is 0 Å². The number of rotatable bonds is 8. The second kappa shape index (κ2) is 10.1. The molecule has 1 saturated heterocycles. The second-order valence-corrected chi connectivity index (χ2v) is 9.43. The Morgan fingerprint density at radius 3 is 2.39 bits per heavy atom. The Labute approximate surface area is 193 Å². The lowest BCUT2D eigenvalue weighted by atomic mass is 9.87. The van der Waals surface area contributed by atoms with E-state index in [0.717, 1.165) is 24.8 Å². The minimum atomic E-state index is -0.903. The summed E-state index contributed by atoms with van der Waals surface area (Å²) in [6.45, 7) is 3.35. The average Bonchev–Trinajstić information content (AvgIpc) is 3.52. The van der Waals surface area contributed by atoms with Crippen LogP contribution in [0.2, 0.25) is 0 Å². The van der Waals surface area contributed by atoms with E-state index in [4.69, 9.17) is 14.6 Å². The number of carbonyl (C=O) groups is 3. The molecular formula is C25H32FNO6. The van der Waals surface area contributed by atoms with Crippen LogP contribution >= 0.6 is 0 Å². The topological polar surface area (TPSA) is 93.1 Å². The van der Waals surface area contributed by atoms with Crippen molar-refractivity contribution in [2.24, 2.45) is 17.8 Å². The molecule has 1 aliphatic heterocycles. The van der Waals surface area contributed by atoms with Crippen LogP contribution < -0.4 is 4.74 Å². The van der Waals surface area contributed by atoms with Gasteiger partial charge in [0.2, 0.25) is 0 Å². The molecule has 2 atom stereocenters. The molecule has 33 heavy (non-hydrogen) atoms. The molecule has 0 radical (unpaired) electrons. The normalized spacial score (nSPS) is 23.4. The molecule has 1 aromatic rings. The lowest BCUT2D eigenvalue weighted by Gasteiger charge is -2.30. The van der Waals surface area contributed by atoms with Gasteiger partial charge in [0.15, 0.2) is 5.78 Å². The molecule has 1 heterocycles. The van der Waals surface area contributed by atoms with Crippen molar-refractivity contribution < 1.29 is 33.4 Å². The summed E-state index contributed by atoms with van der Waals surface area (Å²) in [5.41, 5.74) is 0.897. The van der Waals surface area contributed by atoms with E-state index in [0.29, 0.717) is 51.1 Å². The molecule has 8 heteroatoms. The van der Waals surface area contributed by atoms with Gasteiger partial charge in [-0.1, -0.05) is 6.42 Å². The van der Waals surface area contributed by atoms with Crippen molar-refractivity contribution in [3.63, 3.8) is 0 Å². The number of benzene rings is 1. The predicted molar refractivity (Wildman–Crippen MR) is 118 cm³/mol. The molecule has 0 bridgehead atoms. The molecule has 2 aliphatic carbocycles. The minimum Gasteiger partial charge on any atom is -0.493 e. The van der Waals surface area contributed by atoms with Gasteiger partial charge in [-0.25, -0.2) is 9.18 Å². The Morgan fingerprint density at radius 1 is 1.06 bits per heavy atom. The summed E-state index contributed by atoms with van der Waals surface area (Å²) in [6.07, 6.45) is 4.37. The number of carboxylic acid groups (broad SMARTS) is 1. The fourth-order valence-corrected chi connectivity index (χ4v) is 5.10. The Hall–Kier alpha value is -2.64. The average molecular weight is 462 g/mol. The highest BCUT2D eigenvalue weighted by atomic mass is 19.1. The van der Waals surface area contributed by atoms with Crippen LogP contribution in [0.25, 0.3) is 0 Å². The largest absolute Gasteiger partial charge is 0.493 e. The zero-order valence-corrected chi connectivity index (χ0v) is 19.1. The van der Waals surface area contributed by atoms with Crippen molar-refractivity contribution in [3.8, 4) is 5.75 Å². The summed E-state index contributed by atoms with van der Waals surface area (Å²) >= 11 is 0.